The zero-order chi connectivity index (χ0) is 11.8. The minimum absolute atomic E-state index is 0.531. The van der Waals surface area contributed by atoms with Crippen molar-refractivity contribution in [2.45, 2.75) is 12.5 Å². The number of hydrogen-bond donors (Lipinski definition) is 0. The molecule has 1 aliphatic heterocycles. The van der Waals surface area contributed by atoms with Gasteiger partial charge >= 0.3 is 0 Å². The van der Waals surface area contributed by atoms with Gasteiger partial charge in [0.15, 0.2) is 0 Å². The van der Waals surface area contributed by atoms with Gasteiger partial charge in [-0.25, -0.2) is 0 Å². The van der Waals surface area contributed by atoms with Gasteiger partial charge in [0, 0.05) is 28.4 Å². The van der Waals surface area contributed by atoms with Gasteiger partial charge in [-0.15, -0.1) is 11.3 Å². The molecule has 1 aromatic heterocycles. The highest BCUT2D eigenvalue weighted by molar-refractivity contribution is 9.10. The largest absolute Gasteiger partial charge is 0.300 e. The Morgan fingerprint density at radius 3 is 2.76 bits per heavy atom. The van der Waals surface area contributed by atoms with E-state index in [2.05, 4.69) is 63.6 Å². The van der Waals surface area contributed by atoms with Crippen LogP contribution in [0.2, 0.25) is 0 Å². The van der Waals surface area contributed by atoms with Gasteiger partial charge in [-0.3, -0.25) is 0 Å². The smallest absolute Gasteiger partial charge is 0.0328 e. The predicted octanol–water partition coefficient (Wildman–Crippen LogP) is 4.09. The Hall–Kier alpha value is -0.640. The molecule has 0 saturated carbocycles. The maximum Gasteiger partial charge on any atom is 0.0328 e. The fourth-order valence-corrected chi connectivity index (χ4v) is 3.77. The van der Waals surface area contributed by atoms with Crippen LogP contribution in [-0.2, 0) is 6.54 Å². The lowest BCUT2D eigenvalue weighted by molar-refractivity contribution is 0.299. The highest BCUT2D eigenvalue weighted by Gasteiger charge is 2.25. The van der Waals surface area contributed by atoms with E-state index < -0.39 is 0 Å². The van der Waals surface area contributed by atoms with Crippen molar-refractivity contribution >= 4 is 27.3 Å². The van der Waals surface area contributed by atoms with Crippen molar-refractivity contribution in [3.05, 3.63) is 56.2 Å². The molecule has 1 aromatic carbocycles. The third-order valence-electron chi connectivity index (χ3n) is 3.34. The lowest BCUT2D eigenvalue weighted by atomic mass is 9.89. The van der Waals surface area contributed by atoms with E-state index >= 15 is 0 Å². The number of rotatable bonds is 1. The van der Waals surface area contributed by atoms with Crippen LogP contribution < -0.4 is 0 Å². The second-order valence-corrected chi connectivity index (χ2v) is 6.52. The first-order chi connectivity index (χ1) is 8.24. The summed E-state index contributed by atoms with van der Waals surface area (Å²) in [6.45, 7) is 2.21. The van der Waals surface area contributed by atoms with E-state index in [4.69, 9.17) is 0 Å². The van der Waals surface area contributed by atoms with E-state index in [9.17, 15) is 0 Å². The molecule has 17 heavy (non-hydrogen) atoms. The number of nitrogens with zero attached hydrogens (tertiary/aromatic N) is 1. The van der Waals surface area contributed by atoms with Crippen LogP contribution in [0.1, 0.15) is 21.9 Å². The normalized spacial score (nSPS) is 20.2. The molecule has 0 radical (unpaired) electrons. The van der Waals surface area contributed by atoms with Crippen LogP contribution in [0.3, 0.4) is 0 Å². The molecule has 88 valence electrons. The Labute approximate surface area is 114 Å². The molecule has 0 amide bonds. The summed E-state index contributed by atoms with van der Waals surface area (Å²) in [4.78, 5) is 3.93. The van der Waals surface area contributed by atoms with Crippen LogP contribution in [0.4, 0.5) is 0 Å². The highest BCUT2D eigenvalue weighted by Crippen LogP contribution is 2.36. The lowest BCUT2D eigenvalue weighted by Crippen LogP contribution is -2.29. The van der Waals surface area contributed by atoms with Gasteiger partial charge in [-0.05, 0) is 41.8 Å². The summed E-state index contributed by atoms with van der Waals surface area (Å²) in [5, 5.41) is 2.22. The number of halogens is 1. The molecule has 0 spiro atoms. The zero-order valence-electron chi connectivity index (χ0n) is 9.69. The molecular weight excluding hydrogens is 294 g/mol. The summed E-state index contributed by atoms with van der Waals surface area (Å²) < 4.78 is 1.15. The monoisotopic (exact) mass is 307 g/mol. The molecule has 2 aromatic rings. The lowest BCUT2D eigenvalue weighted by Gasteiger charge is -2.30. The Balaban J connectivity index is 2.01. The molecule has 0 fully saturated rings. The first-order valence-electron chi connectivity index (χ1n) is 5.74. The molecule has 1 nitrogen and oxygen atoms in total. The molecule has 1 aliphatic rings. The van der Waals surface area contributed by atoms with Crippen molar-refractivity contribution in [1.29, 1.82) is 0 Å². The van der Waals surface area contributed by atoms with E-state index in [1.165, 1.54) is 16.0 Å². The molecule has 3 rings (SSSR count). The van der Waals surface area contributed by atoms with Crippen LogP contribution in [0.5, 0.6) is 0 Å². The average molecular weight is 308 g/mol. The summed E-state index contributed by atoms with van der Waals surface area (Å²) in [6.07, 6.45) is 0. The third-order valence-corrected chi connectivity index (χ3v) is 4.79. The maximum atomic E-state index is 3.50. The van der Waals surface area contributed by atoms with Gasteiger partial charge in [0.2, 0.25) is 0 Å². The van der Waals surface area contributed by atoms with Crippen molar-refractivity contribution in [1.82, 2.24) is 4.90 Å². The van der Waals surface area contributed by atoms with E-state index in [-0.39, 0.29) is 0 Å². The fraction of sp³-hybridized carbons (Fsp3) is 0.286. The first-order valence-corrected chi connectivity index (χ1v) is 7.41. The standard InChI is InChI=1S/C14H14BrNS/c1-16-8-13(10-2-4-11(15)5-3-10)12-6-7-17-14(12)9-16/h2-7,13H,8-9H2,1H3/t13-/m0/s1. The molecule has 1 atom stereocenters. The molecule has 0 aliphatic carbocycles. The second kappa shape index (κ2) is 4.56. The van der Waals surface area contributed by atoms with E-state index in [1.54, 1.807) is 0 Å². The minimum Gasteiger partial charge on any atom is -0.300 e. The Bertz CT molecular complexity index is 517. The van der Waals surface area contributed by atoms with Gasteiger partial charge in [-0.2, -0.15) is 0 Å². The summed E-state index contributed by atoms with van der Waals surface area (Å²) in [5.74, 6) is 0.531. The average Bonchev–Trinajstić information content (AvgIpc) is 2.77. The van der Waals surface area contributed by atoms with Gasteiger partial charge in [-0.1, -0.05) is 28.1 Å². The zero-order valence-corrected chi connectivity index (χ0v) is 12.1. The van der Waals surface area contributed by atoms with Crippen molar-refractivity contribution in [2.24, 2.45) is 0 Å². The Kier molecular flexibility index (Phi) is 3.07. The Morgan fingerprint density at radius 1 is 1.24 bits per heavy atom. The van der Waals surface area contributed by atoms with Crippen molar-refractivity contribution in [2.75, 3.05) is 13.6 Å². The third kappa shape index (κ3) is 2.19. The van der Waals surface area contributed by atoms with Crippen LogP contribution in [0, 0.1) is 0 Å². The maximum absolute atomic E-state index is 3.50. The number of benzene rings is 1. The quantitative estimate of drug-likeness (QED) is 0.767. The summed E-state index contributed by atoms with van der Waals surface area (Å²) >= 11 is 5.38. The van der Waals surface area contributed by atoms with Crippen molar-refractivity contribution in [3.63, 3.8) is 0 Å². The van der Waals surface area contributed by atoms with Crippen LogP contribution in [0.25, 0.3) is 0 Å². The molecule has 0 N–H and O–H groups in total. The fourth-order valence-electron chi connectivity index (χ4n) is 2.49. The number of likely N-dealkylation sites (N-methyl/N-ethyl adjacent to an activating group) is 1. The molecule has 0 unspecified atom stereocenters. The predicted molar refractivity (Wildman–Crippen MR) is 76.6 cm³/mol. The topological polar surface area (TPSA) is 3.24 Å². The van der Waals surface area contributed by atoms with Gasteiger partial charge in [0.05, 0.1) is 0 Å². The summed E-state index contributed by atoms with van der Waals surface area (Å²) in [7, 11) is 2.20. The van der Waals surface area contributed by atoms with Gasteiger partial charge < -0.3 is 4.90 Å². The van der Waals surface area contributed by atoms with E-state index in [1.807, 2.05) is 11.3 Å². The first kappa shape index (κ1) is 11.5. The van der Waals surface area contributed by atoms with Crippen LogP contribution in [0.15, 0.2) is 40.2 Å². The highest BCUT2D eigenvalue weighted by atomic mass is 79.9. The van der Waals surface area contributed by atoms with Crippen molar-refractivity contribution < 1.29 is 0 Å². The SMILES string of the molecule is CN1Cc2sccc2[C@H](c2ccc(Br)cc2)C1. The number of fused-ring (bicyclic) bond motifs is 1. The molecule has 3 heteroatoms. The number of hydrogen-bond acceptors (Lipinski definition) is 2. The summed E-state index contributed by atoms with van der Waals surface area (Å²) in [5.41, 5.74) is 2.94. The summed E-state index contributed by atoms with van der Waals surface area (Å²) in [6, 6.07) is 11.0. The molecule has 0 saturated heterocycles. The number of thiophene rings is 1. The Morgan fingerprint density at radius 2 is 2.00 bits per heavy atom. The van der Waals surface area contributed by atoms with E-state index in [0.29, 0.717) is 5.92 Å². The van der Waals surface area contributed by atoms with Crippen LogP contribution >= 0.6 is 27.3 Å². The van der Waals surface area contributed by atoms with Gasteiger partial charge in [0.1, 0.15) is 0 Å². The van der Waals surface area contributed by atoms with Crippen LogP contribution in [-0.4, -0.2) is 18.5 Å². The second-order valence-electron chi connectivity index (χ2n) is 4.60. The minimum atomic E-state index is 0.531. The van der Waals surface area contributed by atoms with E-state index in [0.717, 1.165) is 17.6 Å². The van der Waals surface area contributed by atoms with Crippen molar-refractivity contribution in [3.8, 4) is 0 Å². The molecule has 0 bridgehead atoms. The molecular formula is C14H14BrNS. The molecule has 2 heterocycles. The van der Waals surface area contributed by atoms with Gasteiger partial charge in [0.25, 0.3) is 0 Å².